The van der Waals surface area contributed by atoms with Crippen LogP contribution in [0.3, 0.4) is 0 Å². The summed E-state index contributed by atoms with van der Waals surface area (Å²) in [7, 11) is 1.37. The standard InChI is InChI=1S/C39H39Cl2N3O3/c1-46-39(45)25-42-32-14-16-33(17-15-32)44-26-37(35-20-13-31(40)24-36(35)41)43-38(44)23-28-7-9-29(10-8-28)30-11-18-34(19-12-30)47-22-21-27-5-3-2-4-6-27/h7-20,24,26-27,42H,2-6,21-23,25H2,1H3. The first-order valence-electron chi connectivity index (χ1n) is 16.2. The van der Waals surface area contributed by atoms with Crippen molar-refractivity contribution in [3.8, 4) is 33.8 Å². The van der Waals surface area contributed by atoms with Crippen LogP contribution in [-0.2, 0) is 16.0 Å². The Labute approximate surface area is 286 Å². The highest BCUT2D eigenvalue weighted by molar-refractivity contribution is 6.36. The largest absolute Gasteiger partial charge is 0.494 e. The molecule has 1 aliphatic rings. The van der Waals surface area contributed by atoms with E-state index in [0.29, 0.717) is 16.5 Å². The molecule has 8 heteroatoms. The molecule has 0 radical (unpaired) electrons. The molecule has 5 aromatic rings. The number of imidazole rings is 1. The molecule has 0 unspecified atom stereocenters. The van der Waals surface area contributed by atoms with Crippen molar-refractivity contribution < 1.29 is 14.3 Å². The number of esters is 1. The van der Waals surface area contributed by atoms with Crippen molar-refractivity contribution >= 4 is 34.9 Å². The summed E-state index contributed by atoms with van der Waals surface area (Å²) in [6, 6.07) is 30.3. The number of hydrogen-bond donors (Lipinski definition) is 1. The van der Waals surface area contributed by atoms with Crippen LogP contribution < -0.4 is 10.1 Å². The van der Waals surface area contributed by atoms with Gasteiger partial charge < -0.3 is 19.4 Å². The molecule has 0 spiro atoms. The smallest absolute Gasteiger partial charge is 0.325 e. The monoisotopic (exact) mass is 667 g/mol. The van der Waals surface area contributed by atoms with Crippen LogP contribution in [0.1, 0.15) is 49.9 Å². The minimum absolute atomic E-state index is 0.0969. The summed E-state index contributed by atoms with van der Waals surface area (Å²) in [4.78, 5) is 16.6. The Morgan fingerprint density at radius 3 is 2.28 bits per heavy atom. The number of aromatic nitrogens is 2. The number of rotatable bonds is 12. The van der Waals surface area contributed by atoms with E-state index < -0.39 is 0 Å². The molecule has 0 bridgehead atoms. The van der Waals surface area contributed by atoms with E-state index in [1.54, 1.807) is 6.07 Å². The summed E-state index contributed by atoms with van der Waals surface area (Å²) in [5.41, 5.74) is 6.75. The van der Waals surface area contributed by atoms with Gasteiger partial charge in [-0.2, -0.15) is 0 Å². The molecule has 6 rings (SSSR count). The molecule has 242 valence electrons. The lowest BCUT2D eigenvalue weighted by Crippen LogP contribution is -2.14. The van der Waals surface area contributed by atoms with Crippen LogP contribution in [0.2, 0.25) is 10.0 Å². The number of halogens is 2. The lowest BCUT2D eigenvalue weighted by atomic mass is 9.87. The van der Waals surface area contributed by atoms with E-state index in [2.05, 4.69) is 58.4 Å². The average molecular weight is 669 g/mol. The van der Waals surface area contributed by atoms with Crippen LogP contribution in [0.5, 0.6) is 5.75 Å². The molecule has 0 aliphatic heterocycles. The van der Waals surface area contributed by atoms with Crippen molar-refractivity contribution in [1.82, 2.24) is 9.55 Å². The SMILES string of the molecule is COC(=O)CNc1ccc(-n2cc(-c3ccc(Cl)cc3Cl)nc2Cc2ccc(-c3ccc(OCCC4CCCCC4)cc3)cc2)cc1. The summed E-state index contributed by atoms with van der Waals surface area (Å²) in [6.07, 6.45) is 10.6. The fourth-order valence-electron chi connectivity index (χ4n) is 6.14. The molecule has 4 aromatic carbocycles. The fraction of sp³-hybridized carbons (Fsp3) is 0.282. The number of methoxy groups -OCH3 is 1. The van der Waals surface area contributed by atoms with E-state index in [1.807, 2.05) is 42.6 Å². The Morgan fingerprint density at radius 2 is 1.60 bits per heavy atom. The van der Waals surface area contributed by atoms with E-state index >= 15 is 0 Å². The summed E-state index contributed by atoms with van der Waals surface area (Å²) < 4.78 is 12.9. The Kier molecular flexibility index (Phi) is 10.8. The molecule has 1 aromatic heterocycles. The Bertz CT molecular complexity index is 1780. The van der Waals surface area contributed by atoms with Gasteiger partial charge in [0.25, 0.3) is 0 Å². The molecule has 1 fully saturated rings. The number of benzene rings is 4. The number of ether oxygens (including phenoxy) is 2. The Morgan fingerprint density at radius 1 is 0.894 bits per heavy atom. The lowest BCUT2D eigenvalue weighted by molar-refractivity contribution is -0.138. The third kappa shape index (κ3) is 8.56. The van der Waals surface area contributed by atoms with Gasteiger partial charge in [-0.05, 0) is 83.6 Å². The van der Waals surface area contributed by atoms with Gasteiger partial charge in [-0.25, -0.2) is 4.98 Å². The molecule has 47 heavy (non-hydrogen) atoms. The van der Waals surface area contributed by atoms with Crippen LogP contribution in [0.25, 0.3) is 28.1 Å². The van der Waals surface area contributed by atoms with Gasteiger partial charge >= 0.3 is 5.97 Å². The van der Waals surface area contributed by atoms with Gasteiger partial charge in [-0.15, -0.1) is 0 Å². The molecule has 1 saturated carbocycles. The number of nitrogens with zero attached hydrogens (tertiary/aromatic N) is 2. The number of anilines is 1. The van der Waals surface area contributed by atoms with Gasteiger partial charge in [0.1, 0.15) is 18.1 Å². The first kappa shape index (κ1) is 32.7. The van der Waals surface area contributed by atoms with Crippen LogP contribution in [0.15, 0.2) is 97.2 Å². The Hall–Kier alpha value is -4.26. The van der Waals surface area contributed by atoms with E-state index in [0.717, 1.165) is 69.8 Å². The first-order chi connectivity index (χ1) is 22.9. The van der Waals surface area contributed by atoms with Crippen LogP contribution >= 0.6 is 23.2 Å². The number of carbonyl (C=O) groups is 1. The van der Waals surface area contributed by atoms with Gasteiger partial charge in [0, 0.05) is 34.6 Å². The second kappa shape index (κ2) is 15.6. The molecule has 6 nitrogen and oxygen atoms in total. The third-order valence-electron chi connectivity index (χ3n) is 8.82. The van der Waals surface area contributed by atoms with Crippen LogP contribution in [0.4, 0.5) is 5.69 Å². The summed E-state index contributed by atoms with van der Waals surface area (Å²) in [5.74, 6) is 2.29. The average Bonchev–Trinajstić information content (AvgIpc) is 3.51. The predicted octanol–water partition coefficient (Wildman–Crippen LogP) is 10.0. The number of hydrogen-bond acceptors (Lipinski definition) is 5. The molecule has 1 N–H and O–H groups in total. The minimum Gasteiger partial charge on any atom is -0.494 e. The second-order valence-electron chi connectivity index (χ2n) is 12.1. The van der Waals surface area contributed by atoms with Gasteiger partial charge in [0.2, 0.25) is 0 Å². The Balaban J connectivity index is 1.17. The summed E-state index contributed by atoms with van der Waals surface area (Å²) in [5, 5.41) is 4.20. The quantitative estimate of drug-likeness (QED) is 0.134. The van der Waals surface area contributed by atoms with Crippen molar-refractivity contribution in [2.24, 2.45) is 5.92 Å². The number of carbonyl (C=O) groups excluding carboxylic acids is 1. The van der Waals surface area contributed by atoms with Gasteiger partial charge in [0.05, 0.1) is 24.4 Å². The van der Waals surface area contributed by atoms with E-state index in [9.17, 15) is 4.79 Å². The first-order valence-corrected chi connectivity index (χ1v) is 17.0. The van der Waals surface area contributed by atoms with Gasteiger partial charge in [0.15, 0.2) is 0 Å². The van der Waals surface area contributed by atoms with Crippen molar-refractivity contribution in [2.45, 2.75) is 44.9 Å². The molecule has 0 amide bonds. The summed E-state index contributed by atoms with van der Waals surface area (Å²) in [6.45, 7) is 0.885. The topological polar surface area (TPSA) is 65.4 Å². The fourth-order valence-corrected chi connectivity index (χ4v) is 6.65. The maximum Gasteiger partial charge on any atom is 0.325 e. The molecular formula is C39H39Cl2N3O3. The minimum atomic E-state index is -0.326. The maximum absolute atomic E-state index is 11.6. The van der Waals surface area contributed by atoms with E-state index in [1.165, 1.54) is 39.2 Å². The highest BCUT2D eigenvalue weighted by Gasteiger charge is 2.16. The van der Waals surface area contributed by atoms with Crippen molar-refractivity contribution in [3.05, 3.63) is 119 Å². The summed E-state index contributed by atoms with van der Waals surface area (Å²) >= 11 is 12.8. The molecule has 1 heterocycles. The van der Waals surface area contributed by atoms with Crippen LogP contribution in [0, 0.1) is 5.92 Å². The molecule has 0 atom stereocenters. The zero-order chi connectivity index (χ0) is 32.6. The van der Waals surface area contributed by atoms with E-state index in [4.69, 9.17) is 37.7 Å². The van der Waals surface area contributed by atoms with Crippen molar-refractivity contribution in [1.29, 1.82) is 0 Å². The highest BCUT2D eigenvalue weighted by Crippen LogP contribution is 2.32. The molecular weight excluding hydrogens is 629 g/mol. The van der Waals surface area contributed by atoms with Crippen molar-refractivity contribution in [2.75, 3.05) is 25.6 Å². The molecule has 0 saturated heterocycles. The normalized spacial score (nSPS) is 13.3. The van der Waals surface area contributed by atoms with E-state index in [-0.39, 0.29) is 12.5 Å². The number of nitrogens with one attached hydrogen (secondary N) is 1. The predicted molar refractivity (Wildman–Crippen MR) is 191 cm³/mol. The highest BCUT2D eigenvalue weighted by atomic mass is 35.5. The van der Waals surface area contributed by atoms with Gasteiger partial charge in [-0.3, -0.25) is 4.79 Å². The molecule has 1 aliphatic carbocycles. The van der Waals surface area contributed by atoms with Crippen molar-refractivity contribution in [3.63, 3.8) is 0 Å². The zero-order valence-electron chi connectivity index (χ0n) is 26.6. The van der Waals surface area contributed by atoms with Gasteiger partial charge in [-0.1, -0.05) is 91.7 Å². The second-order valence-corrected chi connectivity index (χ2v) is 12.9. The zero-order valence-corrected chi connectivity index (χ0v) is 28.1. The lowest BCUT2D eigenvalue weighted by Gasteiger charge is -2.21. The maximum atomic E-state index is 11.6. The van der Waals surface area contributed by atoms with Crippen LogP contribution in [-0.4, -0.2) is 35.8 Å². The third-order valence-corrected chi connectivity index (χ3v) is 9.37.